The van der Waals surface area contributed by atoms with E-state index in [2.05, 4.69) is 0 Å². The van der Waals surface area contributed by atoms with Crippen LogP contribution in [0.1, 0.15) is 24.2 Å². The van der Waals surface area contributed by atoms with Gasteiger partial charge in [-0.1, -0.05) is 60.7 Å². The molecule has 0 aliphatic carbocycles. The zero-order valence-corrected chi connectivity index (χ0v) is 16.9. The Labute approximate surface area is 173 Å². The van der Waals surface area contributed by atoms with E-state index in [1.807, 2.05) is 67.6 Å². The van der Waals surface area contributed by atoms with E-state index in [1.54, 1.807) is 0 Å². The third-order valence-corrected chi connectivity index (χ3v) is 7.68. The number of rotatable bonds is 5. The Kier molecular flexibility index (Phi) is 5.12. The SMILES string of the molecule is C[C@@]1(CCl)S[C@@H]2[C@H](N)C(=O)N2[C@H]1C(=O)OC(c1ccccc1)c1ccccc1. The number of benzene rings is 2. The maximum absolute atomic E-state index is 13.3. The molecule has 2 saturated heterocycles. The molecule has 2 aromatic rings. The van der Waals surface area contributed by atoms with Gasteiger partial charge in [-0.3, -0.25) is 4.79 Å². The standard InChI is InChI=1S/C21H21ClN2O3S/c1-21(12-22)17(24-18(25)15(23)19(24)28-21)20(26)27-16(13-8-4-2-5-9-13)14-10-6-3-7-11-14/h2-11,15-17,19H,12,23H2,1H3/t15-,17+,19-,21+/m1/s1. The van der Waals surface area contributed by atoms with Crippen LogP contribution in [0.25, 0.3) is 0 Å². The van der Waals surface area contributed by atoms with Gasteiger partial charge in [0.15, 0.2) is 6.10 Å². The van der Waals surface area contributed by atoms with Crippen molar-refractivity contribution in [1.29, 1.82) is 0 Å². The number of nitrogens with two attached hydrogens (primary N) is 1. The molecule has 1 amide bonds. The third kappa shape index (κ3) is 3.09. The summed E-state index contributed by atoms with van der Waals surface area (Å²) in [4.78, 5) is 27.1. The van der Waals surface area contributed by atoms with Gasteiger partial charge in [0.25, 0.3) is 0 Å². The van der Waals surface area contributed by atoms with Crippen molar-refractivity contribution < 1.29 is 14.3 Å². The van der Waals surface area contributed by atoms with Gasteiger partial charge in [-0.15, -0.1) is 23.4 Å². The lowest BCUT2D eigenvalue weighted by atomic mass is 9.95. The van der Waals surface area contributed by atoms with Crippen molar-refractivity contribution in [2.75, 3.05) is 5.88 Å². The molecule has 4 atom stereocenters. The zero-order valence-electron chi connectivity index (χ0n) is 15.3. The molecule has 4 rings (SSSR count). The fraction of sp³-hybridized carbons (Fsp3) is 0.333. The highest BCUT2D eigenvalue weighted by atomic mass is 35.5. The molecule has 2 heterocycles. The van der Waals surface area contributed by atoms with Crippen molar-refractivity contribution in [2.24, 2.45) is 5.73 Å². The second-order valence-corrected chi connectivity index (χ2v) is 9.19. The van der Waals surface area contributed by atoms with E-state index < -0.39 is 28.9 Å². The van der Waals surface area contributed by atoms with Crippen LogP contribution in [0, 0.1) is 0 Å². The number of alkyl halides is 1. The normalized spacial score (nSPS) is 28.8. The molecule has 5 nitrogen and oxygen atoms in total. The number of carbonyl (C=O) groups is 2. The molecular weight excluding hydrogens is 396 g/mol. The predicted octanol–water partition coefficient (Wildman–Crippen LogP) is 2.93. The van der Waals surface area contributed by atoms with E-state index in [9.17, 15) is 9.59 Å². The van der Waals surface area contributed by atoms with Gasteiger partial charge in [0.05, 0.1) is 4.75 Å². The van der Waals surface area contributed by atoms with Crippen molar-refractivity contribution in [3.8, 4) is 0 Å². The largest absolute Gasteiger partial charge is 0.451 e. The van der Waals surface area contributed by atoms with E-state index in [-0.39, 0.29) is 17.2 Å². The molecule has 0 aromatic heterocycles. The minimum Gasteiger partial charge on any atom is -0.451 e. The Hall–Kier alpha value is -2.02. The molecule has 0 radical (unpaired) electrons. The fourth-order valence-electron chi connectivity index (χ4n) is 3.78. The smallest absolute Gasteiger partial charge is 0.331 e. The number of nitrogens with zero attached hydrogens (tertiary/aromatic N) is 1. The summed E-state index contributed by atoms with van der Waals surface area (Å²) in [6.45, 7) is 1.88. The Morgan fingerprint density at radius 2 is 1.71 bits per heavy atom. The molecule has 0 spiro atoms. The number of hydrogen-bond donors (Lipinski definition) is 1. The number of ether oxygens (including phenoxy) is 1. The lowest BCUT2D eigenvalue weighted by Gasteiger charge is -2.42. The van der Waals surface area contributed by atoms with Gasteiger partial charge in [-0.25, -0.2) is 4.79 Å². The van der Waals surface area contributed by atoms with Gasteiger partial charge in [0.1, 0.15) is 17.5 Å². The second kappa shape index (κ2) is 7.43. The summed E-state index contributed by atoms with van der Waals surface area (Å²) in [6.07, 6.45) is -0.566. The molecule has 2 aliphatic heterocycles. The zero-order chi connectivity index (χ0) is 19.9. The van der Waals surface area contributed by atoms with Crippen LogP contribution in [0.3, 0.4) is 0 Å². The number of carbonyl (C=O) groups excluding carboxylic acids is 2. The first-order valence-corrected chi connectivity index (χ1v) is 10.5. The topological polar surface area (TPSA) is 72.6 Å². The molecule has 2 aliphatic rings. The van der Waals surface area contributed by atoms with Crippen LogP contribution < -0.4 is 5.73 Å². The number of thioether (sulfide) groups is 1. The number of amides is 1. The molecular formula is C21H21ClN2O3S. The minimum atomic E-state index is -0.762. The van der Waals surface area contributed by atoms with Crippen molar-refractivity contribution >= 4 is 35.2 Å². The summed E-state index contributed by atoms with van der Waals surface area (Å²) in [6, 6.07) is 17.8. The quantitative estimate of drug-likeness (QED) is 0.461. The lowest BCUT2D eigenvalue weighted by molar-refractivity contribution is -0.165. The summed E-state index contributed by atoms with van der Waals surface area (Å²) in [5, 5.41) is -0.235. The highest BCUT2D eigenvalue weighted by molar-refractivity contribution is 8.01. The Balaban J connectivity index is 1.65. The number of hydrogen-bond acceptors (Lipinski definition) is 5. The minimum absolute atomic E-state index is 0.214. The summed E-state index contributed by atoms with van der Waals surface area (Å²) >= 11 is 7.68. The van der Waals surface area contributed by atoms with Gasteiger partial charge in [-0.05, 0) is 18.1 Å². The van der Waals surface area contributed by atoms with E-state index >= 15 is 0 Å². The van der Waals surface area contributed by atoms with Crippen LogP contribution in [0.15, 0.2) is 60.7 Å². The predicted molar refractivity (Wildman–Crippen MR) is 110 cm³/mol. The summed E-state index contributed by atoms with van der Waals surface area (Å²) in [5.41, 5.74) is 7.65. The highest BCUT2D eigenvalue weighted by Gasteiger charge is 2.64. The highest BCUT2D eigenvalue weighted by Crippen LogP contribution is 2.51. The molecule has 0 bridgehead atoms. The van der Waals surface area contributed by atoms with Gasteiger partial charge < -0.3 is 15.4 Å². The Morgan fingerprint density at radius 3 is 2.21 bits per heavy atom. The van der Waals surface area contributed by atoms with E-state index in [0.717, 1.165) is 11.1 Å². The molecule has 2 fully saturated rings. The van der Waals surface area contributed by atoms with Gasteiger partial charge in [-0.2, -0.15) is 0 Å². The summed E-state index contributed by atoms with van der Waals surface area (Å²) < 4.78 is 5.35. The van der Waals surface area contributed by atoms with Crippen molar-refractivity contribution in [2.45, 2.75) is 35.2 Å². The fourth-order valence-corrected chi connectivity index (χ4v) is 5.67. The van der Waals surface area contributed by atoms with Gasteiger partial charge in [0.2, 0.25) is 5.91 Å². The average Bonchev–Trinajstić information content (AvgIpc) is 3.03. The number of β-lactam (4-membered cyclic amide) rings is 1. The Bertz CT molecular complexity index is 842. The molecule has 146 valence electrons. The molecule has 28 heavy (non-hydrogen) atoms. The second-order valence-electron chi connectivity index (χ2n) is 7.27. The number of esters is 1. The first-order chi connectivity index (χ1) is 13.5. The molecule has 2 aromatic carbocycles. The van der Waals surface area contributed by atoms with Crippen molar-refractivity contribution in [1.82, 2.24) is 4.90 Å². The van der Waals surface area contributed by atoms with E-state index in [1.165, 1.54) is 16.7 Å². The van der Waals surface area contributed by atoms with E-state index in [0.29, 0.717) is 0 Å². The molecule has 0 saturated carbocycles. The first-order valence-electron chi connectivity index (χ1n) is 9.08. The number of fused-ring (bicyclic) bond motifs is 1. The maximum Gasteiger partial charge on any atom is 0.331 e. The van der Waals surface area contributed by atoms with Crippen LogP contribution >= 0.6 is 23.4 Å². The maximum atomic E-state index is 13.3. The summed E-state index contributed by atoms with van der Waals surface area (Å²) in [7, 11) is 0. The lowest BCUT2D eigenvalue weighted by Crippen LogP contribution is -2.69. The first kappa shape index (κ1) is 19.3. The van der Waals surface area contributed by atoms with Crippen LogP contribution in [0.4, 0.5) is 0 Å². The van der Waals surface area contributed by atoms with Crippen LogP contribution in [0.5, 0.6) is 0 Å². The summed E-state index contributed by atoms with van der Waals surface area (Å²) in [5.74, 6) is -0.480. The van der Waals surface area contributed by atoms with Crippen LogP contribution in [0.2, 0.25) is 0 Å². The van der Waals surface area contributed by atoms with Crippen molar-refractivity contribution in [3.63, 3.8) is 0 Å². The third-order valence-electron chi connectivity index (χ3n) is 5.29. The number of halogens is 1. The van der Waals surface area contributed by atoms with Crippen LogP contribution in [-0.4, -0.2) is 44.9 Å². The average molecular weight is 417 g/mol. The monoisotopic (exact) mass is 416 g/mol. The van der Waals surface area contributed by atoms with Crippen LogP contribution in [-0.2, 0) is 14.3 Å². The Morgan fingerprint density at radius 1 is 1.18 bits per heavy atom. The molecule has 7 heteroatoms. The molecule has 2 N–H and O–H groups in total. The van der Waals surface area contributed by atoms with Gasteiger partial charge in [0, 0.05) is 5.88 Å². The van der Waals surface area contributed by atoms with Gasteiger partial charge >= 0.3 is 5.97 Å². The van der Waals surface area contributed by atoms with Crippen molar-refractivity contribution in [3.05, 3.63) is 71.8 Å². The molecule has 0 unspecified atom stereocenters. The van der Waals surface area contributed by atoms with E-state index in [4.69, 9.17) is 22.1 Å².